The summed E-state index contributed by atoms with van der Waals surface area (Å²) in [6.45, 7) is 3.06. The SMILES string of the molecule is Cc1cccc(S(=O)(=O)Nc2ccc(C(=O)N3CCC(n4ccnn4)C3)cc2)c1. The van der Waals surface area contributed by atoms with Gasteiger partial charge in [0.25, 0.3) is 15.9 Å². The van der Waals surface area contributed by atoms with Gasteiger partial charge in [0.1, 0.15) is 0 Å². The zero-order valence-electron chi connectivity index (χ0n) is 15.9. The monoisotopic (exact) mass is 411 g/mol. The van der Waals surface area contributed by atoms with E-state index in [0.717, 1.165) is 12.0 Å². The third-order valence-corrected chi connectivity index (χ3v) is 6.33. The lowest BCUT2D eigenvalue weighted by atomic mass is 10.2. The number of anilines is 1. The van der Waals surface area contributed by atoms with Crippen molar-refractivity contribution in [1.29, 1.82) is 0 Å². The minimum atomic E-state index is -3.68. The summed E-state index contributed by atoms with van der Waals surface area (Å²) >= 11 is 0. The highest BCUT2D eigenvalue weighted by atomic mass is 32.2. The first-order valence-electron chi connectivity index (χ1n) is 9.27. The number of sulfonamides is 1. The Morgan fingerprint density at radius 1 is 1.17 bits per heavy atom. The Kier molecular flexibility index (Phi) is 5.06. The van der Waals surface area contributed by atoms with Crippen LogP contribution in [0.25, 0.3) is 0 Å². The molecule has 1 aromatic heterocycles. The molecule has 3 aromatic rings. The Hall–Kier alpha value is -3.20. The number of aromatic nitrogens is 3. The van der Waals surface area contributed by atoms with Crippen molar-refractivity contribution in [2.75, 3.05) is 17.8 Å². The van der Waals surface area contributed by atoms with Crippen LogP contribution >= 0.6 is 0 Å². The first-order chi connectivity index (χ1) is 13.9. The van der Waals surface area contributed by atoms with Gasteiger partial charge in [0.05, 0.1) is 17.1 Å². The van der Waals surface area contributed by atoms with Gasteiger partial charge < -0.3 is 4.90 Å². The molecule has 29 heavy (non-hydrogen) atoms. The van der Waals surface area contributed by atoms with Gasteiger partial charge in [-0.05, 0) is 55.3 Å². The summed E-state index contributed by atoms with van der Waals surface area (Å²) in [7, 11) is -3.68. The van der Waals surface area contributed by atoms with Crippen LogP contribution in [0, 0.1) is 6.92 Å². The quantitative estimate of drug-likeness (QED) is 0.696. The molecule has 1 fully saturated rings. The number of carbonyl (C=O) groups excluding carboxylic acids is 1. The van der Waals surface area contributed by atoms with Gasteiger partial charge in [0.15, 0.2) is 0 Å². The summed E-state index contributed by atoms with van der Waals surface area (Å²) in [6, 6.07) is 13.3. The average Bonchev–Trinajstić information content (AvgIpc) is 3.39. The molecule has 0 radical (unpaired) electrons. The van der Waals surface area contributed by atoms with Crippen molar-refractivity contribution in [3.8, 4) is 0 Å². The van der Waals surface area contributed by atoms with Crippen molar-refractivity contribution >= 4 is 21.6 Å². The van der Waals surface area contributed by atoms with Crippen LogP contribution in [0.4, 0.5) is 5.69 Å². The van der Waals surface area contributed by atoms with E-state index in [2.05, 4.69) is 15.0 Å². The van der Waals surface area contributed by atoms with Crippen molar-refractivity contribution in [2.45, 2.75) is 24.3 Å². The van der Waals surface area contributed by atoms with Gasteiger partial charge in [-0.2, -0.15) is 0 Å². The largest absolute Gasteiger partial charge is 0.336 e. The summed E-state index contributed by atoms with van der Waals surface area (Å²) in [5.74, 6) is -0.0827. The van der Waals surface area contributed by atoms with Gasteiger partial charge in [-0.25, -0.2) is 13.1 Å². The molecule has 9 heteroatoms. The van der Waals surface area contributed by atoms with Crippen molar-refractivity contribution in [2.24, 2.45) is 0 Å². The van der Waals surface area contributed by atoms with Gasteiger partial charge in [0.2, 0.25) is 0 Å². The van der Waals surface area contributed by atoms with E-state index in [1.165, 1.54) is 0 Å². The normalized spacial score (nSPS) is 16.7. The lowest BCUT2D eigenvalue weighted by Crippen LogP contribution is -2.29. The van der Waals surface area contributed by atoms with E-state index in [1.54, 1.807) is 64.4 Å². The van der Waals surface area contributed by atoms with Gasteiger partial charge in [-0.1, -0.05) is 17.3 Å². The van der Waals surface area contributed by atoms with Crippen LogP contribution in [0.15, 0.2) is 65.8 Å². The number of rotatable bonds is 5. The summed E-state index contributed by atoms with van der Waals surface area (Å²) in [6.07, 6.45) is 4.25. The van der Waals surface area contributed by atoms with Gasteiger partial charge in [-0.15, -0.1) is 5.10 Å². The highest BCUT2D eigenvalue weighted by Crippen LogP contribution is 2.23. The van der Waals surface area contributed by atoms with E-state index in [0.29, 0.717) is 24.3 Å². The topological polar surface area (TPSA) is 97.2 Å². The van der Waals surface area contributed by atoms with Gasteiger partial charge in [-0.3, -0.25) is 9.52 Å². The van der Waals surface area contributed by atoms with E-state index < -0.39 is 10.0 Å². The lowest BCUT2D eigenvalue weighted by molar-refractivity contribution is 0.0787. The first-order valence-corrected chi connectivity index (χ1v) is 10.8. The number of hydrogen-bond acceptors (Lipinski definition) is 5. The number of carbonyl (C=O) groups is 1. The molecule has 0 aliphatic carbocycles. The number of hydrogen-bond donors (Lipinski definition) is 1. The molecular weight excluding hydrogens is 390 g/mol. The fraction of sp³-hybridized carbons (Fsp3) is 0.250. The van der Waals surface area contributed by atoms with Crippen LogP contribution < -0.4 is 4.72 Å². The molecule has 1 amide bonds. The predicted molar refractivity (Wildman–Crippen MR) is 108 cm³/mol. The fourth-order valence-electron chi connectivity index (χ4n) is 3.41. The molecule has 0 bridgehead atoms. The second-order valence-electron chi connectivity index (χ2n) is 7.08. The van der Waals surface area contributed by atoms with Crippen LogP contribution in [0.1, 0.15) is 28.4 Å². The highest BCUT2D eigenvalue weighted by Gasteiger charge is 2.28. The highest BCUT2D eigenvalue weighted by molar-refractivity contribution is 7.92. The number of benzene rings is 2. The molecular formula is C20H21N5O3S. The summed E-state index contributed by atoms with van der Waals surface area (Å²) in [5, 5.41) is 7.82. The first kappa shape index (κ1) is 19.1. The molecule has 0 spiro atoms. The van der Waals surface area contributed by atoms with Crippen molar-refractivity contribution in [3.05, 3.63) is 72.1 Å². The molecule has 1 atom stereocenters. The van der Waals surface area contributed by atoms with E-state index in [-0.39, 0.29) is 16.8 Å². The van der Waals surface area contributed by atoms with Gasteiger partial charge in [0, 0.05) is 30.5 Å². The minimum Gasteiger partial charge on any atom is -0.336 e. The molecule has 2 aromatic carbocycles. The molecule has 8 nitrogen and oxygen atoms in total. The third kappa shape index (κ3) is 4.14. The van der Waals surface area contributed by atoms with Crippen LogP contribution in [0.2, 0.25) is 0 Å². The predicted octanol–water partition coefficient (Wildman–Crippen LogP) is 2.47. The molecule has 1 N–H and O–H groups in total. The van der Waals surface area contributed by atoms with Crippen LogP contribution in [-0.2, 0) is 10.0 Å². The Balaban J connectivity index is 1.43. The van der Waals surface area contributed by atoms with E-state index in [1.807, 2.05) is 13.0 Å². The van der Waals surface area contributed by atoms with Crippen molar-refractivity contribution < 1.29 is 13.2 Å². The third-order valence-electron chi connectivity index (χ3n) is 4.95. The number of nitrogens with one attached hydrogen (secondary N) is 1. The van der Waals surface area contributed by atoms with E-state index >= 15 is 0 Å². The molecule has 150 valence electrons. The second kappa shape index (κ2) is 7.67. The Morgan fingerprint density at radius 2 is 1.97 bits per heavy atom. The maximum absolute atomic E-state index is 12.8. The van der Waals surface area contributed by atoms with E-state index in [4.69, 9.17) is 0 Å². The molecule has 1 unspecified atom stereocenters. The van der Waals surface area contributed by atoms with Crippen LogP contribution in [0.3, 0.4) is 0 Å². The number of nitrogens with zero attached hydrogens (tertiary/aromatic N) is 4. The molecule has 2 heterocycles. The number of likely N-dealkylation sites (tertiary alicyclic amines) is 1. The summed E-state index contributed by atoms with van der Waals surface area (Å²) in [4.78, 5) is 14.7. The standard InChI is InChI=1S/C20H21N5O3S/c1-15-3-2-4-19(13-15)29(27,28)22-17-7-5-16(6-8-17)20(26)24-11-9-18(14-24)25-12-10-21-23-25/h2-8,10,12-13,18,22H,9,11,14H2,1H3. The second-order valence-corrected chi connectivity index (χ2v) is 8.76. The number of amides is 1. The molecule has 1 aliphatic rings. The van der Waals surface area contributed by atoms with E-state index in [9.17, 15) is 13.2 Å². The summed E-state index contributed by atoms with van der Waals surface area (Å²) in [5.41, 5.74) is 1.79. The Morgan fingerprint density at radius 3 is 2.66 bits per heavy atom. The zero-order valence-corrected chi connectivity index (χ0v) is 16.7. The summed E-state index contributed by atoms with van der Waals surface area (Å²) < 4.78 is 29.4. The number of aryl methyl sites for hydroxylation is 1. The Bertz CT molecular complexity index is 1110. The molecule has 1 aliphatic heterocycles. The van der Waals surface area contributed by atoms with Crippen LogP contribution in [-0.4, -0.2) is 47.3 Å². The molecule has 1 saturated heterocycles. The van der Waals surface area contributed by atoms with Crippen molar-refractivity contribution in [3.63, 3.8) is 0 Å². The van der Waals surface area contributed by atoms with Crippen LogP contribution in [0.5, 0.6) is 0 Å². The van der Waals surface area contributed by atoms with Crippen molar-refractivity contribution in [1.82, 2.24) is 19.9 Å². The maximum Gasteiger partial charge on any atom is 0.261 e. The maximum atomic E-state index is 12.8. The average molecular weight is 411 g/mol. The smallest absolute Gasteiger partial charge is 0.261 e. The Labute approximate surface area is 169 Å². The zero-order chi connectivity index (χ0) is 20.4. The minimum absolute atomic E-state index is 0.0827. The fourth-order valence-corrected chi connectivity index (χ4v) is 4.58. The molecule has 0 saturated carbocycles. The van der Waals surface area contributed by atoms with Gasteiger partial charge >= 0.3 is 0 Å². The lowest BCUT2D eigenvalue weighted by Gasteiger charge is -2.17. The molecule has 4 rings (SSSR count).